The van der Waals surface area contributed by atoms with Crippen molar-refractivity contribution in [2.75, 3.05) is 7.11 Å². The van der Waals surface area contributed by atoms with E-state index in [2.05, 4.69) is 10.1 Å². The lowest BCUT2D eigenvalue weighted by atomic mass is 10.0. The Labute approximate surface area is 153 Å². The van der Waals surface area contributed by atoms with Crippen LogP contribution in [0.4, 0.5) is 14.5 Å². The Balaban J connectivity index is 2.06. The number of nitrogens with zero attached hydrogens (tertiary/aromatic N) is 1. The molecule has 1 amide bonds. The van der Waals surface area contributed by atoms with E-state index < -0.39 is 34.5 Å². The molecule has 0 fully saturated rings. The van der Waals surface area contributed by atoms with Crippen LogP contribution in [0.25, 0.3) is 0 Å². The van der Waals surface area contributed by atoms with Crippen molar-refractivity contribution in [1.29, 1.82) is 0 Å². The van der Waals surface area contributed by atoms with Crippen LogP contribution in [0.1, 0.15) is 11.1 Å². The van der Waals surface area contributed by atoms with Gasteiger partial charge in [-0.1, -0.05) is 18.2 Å². The van der Waals surface area contributed by atoms with Gasteiger partial charge in [-0.2, -0.15) is 0 Å². The van der Waals surface area contributed by atoms with Crippen molar-refractivity contribution in [1.82, 2.24) is 5.32 Å². The van der Waals surface area contributed by atoms with E-state index in [9.17, 15) is 28.5 Å². The topological polar surface area (TPSA) is 98.5 Å². The normalized spacial score (nSPS) is 11.5. The molecule has 0 saturated carbocycles. The Morgan fingerprint density at radius 3 is 2.30 bits per heavy atom. The van der Waals surface area contributed by atoms with Crippen LogP contribution < -0.4 is 5.32 Å². The standard InChI is InChI=1S/C18H16F2N2O5/c1-27-18(24)16(9-11-2-5-13(6-3-11)22(25)26)21-17(23)10-12-4-7-14(19)15(20)8-12/h2-8,16H,9-10H2,1H3,(H,21,23)/t16-/m1/s1. The van der Waals surface area contributed by atoms with Gasteiger partial charge in [0.15, 0.2) is 11.6 Å². The molecule has 0 unspecified atom stereocenters. The second kappa shape index (κ2) is 8.84. The number of nitro groups is 1. The summed E-state index contributed by atoms with van der Waals surface area (Å²) in [6.45, 7) is 0. The molecule has 2 aromatic carbocycles. The maximum Gasteiger partial charge on any atom is 0.328 e. The largest absolute Gasteiger partial charge is 0.467 e. The quantitative estimate of drug-likeness (QED) is 0.453. The number of rotatable bonds is 7. The van der Waals surface area contributed by atoms with Crippen molar-refractivity contribution in [3.05, 3.63) is 75.3 Å². The molecule has 9 heteroatoms. The first-order valence-electron chi connectivity index (χ1n) is 7.84. The molecule has 0 aliphatic carbocycles. The molecule has 0 radical (unpaired) electrons. The van der Waals surface area contributed by atoms with E-state index in [1.165, 1.54) is 30.3 Å². The number of hydrogen-bond acceptors (Lipinski definition) is 5. The predicted octanol–water partition coefficient (Wildman–Crippen LogP) is 2.32. The molecule has 0 aliphatic heterocycles. The highest BCUT2D eigenvalue weighted by molar-refractivity contribution is 5.85. The highest BCUT2D eigenvalue weighted by Gasteiger charge is 2.22. The zero-order valence-corrected chi connectivity index (χ0v) is 14.3. The molecule has 27 heavy (non-hydrogen) atoms. The molecule has 2 rings (SSSR count). The molecular formula is C18H16F2N2O5. The second-order valence-electron chi connectivity index (χ2n) is 5.70. The Morgan fingerprint density at radius 1 is 1.11 bits per heavy atom. The predicted molar refractivity (Wildman–Crippen MR) is 90.8 cm³/mol. The van der Waals surface area contributed by atoms with Gasteiger partial charge >= 0.3 is 5.97 Å². The van der Waals surface area contributed by atoms with Gasteiger partial charge in [-0.15, -0.1) is 0 Å². The zero-order valence-electron chi connectivity index (χ0n) is 14.3. The fourth-order valence-electron chi connectivity index (χ4n) is 2.41. The smallest absolute Gasteiger partial charge is 0.328 e. The fourth-order valence-corrected chi connectivity index (χ4v) is 2.41. The summed E-state index contributed by atoms with van der Waals surface area (Å²) in [6.07, 6.45) is -0.209. The molecule has 0 aromatic heterocycles. The van der Waals surface area contributed by atoms with Gasteiger partial charge in [0, 0.05) is 18.6 Å². The van der Waals surface area contributed by atoms with E-state index in [0.717, 1.165) is 19.2 Å². The number of methoxy groups -OCH3 is 1. The monoisotopic (exact) mass is 378 g/mol. The number of benzene rings is 2. The van der Waals surface area contributed by atoms with Crippen LogP contribution in [0.2, 0.25) is 0 Å². The van der Waals surface area contributed by atoms with Crippen molar-refractivity contribution in [2.24, 2.45) is 0 Å². The number of ether oxygens (including phenoxy) is 1. The summed E-state index contributed by atoms with van der Waals surface area (Å²) in [4.78, 5) is 34.2. The lowest BCUT2D eigenvalue weighted by molar-refractivity contribution is -0.384. The lowest BCUT2D eigenvalue weighted by Crippen LogP contribution is -2.43. The number of carbonyl (C=O) groups excluding carboxylic acids is 2. The summed E-state index contributed by atoms with van der Waals surface area (Å²) in [6, 6.07) is 7.55. The summed E-state index contributed by atoms with van der Waals surface area (Å²) < 4.78 is 30.8. The summed E-state index contributed by atoms with van der Waals surface area (Å²) in [5.41, 5.74) is 0.713. The van der Waals surface area contributed by atoms with Crippen LogP contribution in [0.15, 0.2) is 42.5 Å². The first-order valence-corrected chi connectivity index (χ1v) is 7.84. The van der Waals surface area contributed by atoms with Crippen LogP contribution in [-0.4, -0.2) is 30.0 Å². The van der Waals surface area contributed by atoms with E-state index >= 15 is 0 Å². The highest BCUT2D eigenvalue weighted by Crippen LogP contribution is 2.14. The highest BCUT2D eigenvalue weighted by atomic mass is 19.2. The van der Waals surface area contributed by atoms with Crippen molar-refractivity contribution >= 4 is 17.6 Å². The van der Waals surface area contributed by atoms with Gasteiger partial charge in [-0.25, -0.2) is 13.6 Å². The molecule has 142 valence electrons. The number of halogens is 2. The third-order valence-corrected chi connectivity index (χ3v) is 3.76. The van der Waals surface area contributed by atoms with Crippen molar-refractivity contribution in [2.45, 2.75) is 18.9 Å². The molecular weight excluding hydrogens is 362 g/mol. The summed E-state index contributed by atoms with van der Waals surface area (Å²) >= 11 is 0. The molecule has 0 spiro atoms. The number of non-ortho nitro benzene ring substituents is 1. The minimum Gasteiger partial charge on any atom is -0.467 e. The minimum absolute atomic E-state index is 0.0498. The third kappa shape index (κ3) is 5.56. The van der Waals surface area contributed by atoms with E-state index in [4.69, 9.17) is 0 Å². The first kappa shape index (κ1) is 20.0. The SMILES string of the molecule is COC(=O)[C@@H](Cc1ccc([N+](=O)[O-])cc1)NC(=O)Cc1ccc(F)c(F)c1. The Morgan fingerprint density at radius 2 is 1.74 bits per heavy atom. The molecule has 0 bridgehead atoms. The van der Waals surface area contributed by atoms with Crippen molar-refractivity contribution in [3.63, 3.8) is 0 Å². The number of hydrogen-bond donors (Lipinski definition) is 1. The molecule has 0 saturated heterocycles. The average molecular weight is 378 g/mol. The second-order valence-corrected chi connectivity index (χ2v) is 5.70. The molecule has 7 nitrogen and oxygen atoms in total. The van der Waals surface area contributed by atoms with Crippen molar-refractivity contribution < 1.29 is 28.0 Å². The lowest BCUT2D eigenvalue weighted by Gasteiger charge is -2.16. The summed E-state index contributed by atoms with van der Waals surface area (Å²) in [5.74, 6) is -3.38. The van der Waals surface area contributed by atoms with Crippen molar-refractivity contribution in [3.8, 4) is 0 Å². The average Bonchev–Trinajstić information content (AvgIpc) is 2.64. The molecule has 0 aliphatic rings. The third-order valence-electron chi connectivity index (χ3n) is 3.76. The van der Waals surface area contributed by atoms with Crippen LogP contribution in [0.5, 0.6) is 0 Å². The van der Waals surface area contributed by atoms with E-state index in [1.807, 2.05) is 0 Å². The van der Waals surface area contributed by atoms with Crippen LogP contribution in [0, 0.1) is 21.7 Å². The zero-order chi connectivity index (χ0) is 20.0. The fraction of sp³-hybridized carbons (Fsp3) is 0.222. The van der Waals surface area contributed by atoms with Crippen LogP contribution in [-0.2, 0) is 27.2 Å². The van der Waals surface area contributed by atoms with E-state index in [-0.39, 0.29) is 24.1 Å². The number of amides is 1. The Bertz CT molecular complexity index is 855. The number of nitro benzene ring substituents is 1. The number of nitrogens with one attached hydrogen (secondary N) is 1. The minimum atomic E-state index is -1.07. The Kier molecular flexibility index (Phi) is 6.53. The van der Waals surface area contributed by atoms with Crippen LogP contribution >= 0.6 is 0 Å². The van der Waals surface area contributed by atoms with Gasteiger partial charge in [0.05, 0.1) is 18.5 Å². The number of esters is 1. The van der Waals surface area contributed by atoms with Gasteiger partial charge in [-0.3, -0.25) is 14.9 Å². The van der Waals surface area contributed by atoms with Gasteiger partial charge < -0.3 is 10.1 Å². The van der Waals surface area contributed by atoms with Crippen LogP contribution in [0.3, 0.4) is 0 Å². The van der Waals surface area contributed by atoms with Gasteiger partial charge in [-0.05, 0) is 23.3 Å². The van der Waals surface area contributed by atoms with E-state index in [0.29, 0.717) is 5.56 Å². The number of carbonyl (C=O) groups is 2. The van der Waals surface area contributed by atoms with E-state index in [1.54, 1.807) is 0 Å². The molecule has 1 atom stereocenters. The molecule has 2 aromatic rings. The van der Waals surface area contributed by atoms with Gasteiger partial charge in [0.2, 0.25) is 5.91 Å². The first-order chi connectivity index (χ1) is 12.8. The van der Waals surface area contributed by atoms with Gasteiger partial charge in [0.25, 0.3) is 5.69 Å². The molecule has 0 heterocycles. The maximum absolute atomic E-state index is 13.2. The Hall–Kier alpha value is -3.36. The summed E-state index contributed by atoms with van der Waals surface area (Å²) in [7, 11) is 1.16. The summed E-state index contributed by atoms with van der Waals surface area (Å²) in [5, 5.41) is 13.1. The maximum atomic E-state index is 13.2. The molecule has 1 N–H and O–H groups in total. The van der Waals surface area contributed by atoms with Gasteiger partial charge in [0.1, 0.15) is 6.04 Å².